The second-order valence-electron chi connectivity index (χ2n) is 6.46. The molecular weight excluding hydrogens is 250 g/mol. The number of fused-ring (bicyclic) bond motifs is 1. The van der Waals surface area contributed by atoms with Gasteiger partial charge in [0.25, 0.3) is 0 Å². The molecule has 0 spiro atoms. The largest absolute Gasteiger partial charge is 0.389 e. The summed E-state index contributed by atoms with van der Waals surface area (Å²) in [5.74, 6) is 0. The minimum Gasteiger partial charge on any atom is -0.389 e. The van der Waals surface area contributed by atoms with E-state index in [2.05, 4.69) is 24.3 Å². The van der Waals surface area contributed by atoms with Crippen molar-refractivity contribution < 1.29 is 9.84 Å². The summed E-state index contributed by atoms with van der Waals surface area (Å²) in [6, 6.07) is 8.51. The van der Waals surface area contributed by atoms with Gasteiger partial charge in [0.15, 0.2) is 0 Å². The van der Waals surface area contributed by atoms with Gasteiger partial charge >= 0.3 is 0 Å². The average molecular weight is 275 g/mol. The van der Waals surface area contributed by atoms with Crippen molar-refractivity contribution in [1.29, 1.82) is 0 Å². The Morgan fingerprint density at radius 3 is 2.90 bits per heavy atom. The summed E-state index contributed by atoms with van der Waals surface area (Å²) in [5, 5.41) is 11.4. The van der Waals surface area contributed by atoms with E-state index in [1.807, 2.05) is 6.92 Å². The van der Waals surface area contributed by atoms with Crippen LogP contribution >= 0.6 is 0 Å². The monoisotopic (exact) mass is 275 g/mol. The van der Waals surface area contributed by atoms with Gasteiger partial charge in [0.2, 0.25) is 0 Å². The van der Waals surface area contributed by atoms with Crippen LogP contribution in [0.5, 0.6) is 0 Å². The molecule has 0 aromatic heterocycles. The molecule has 0 radical (unpaired) electrons. The number of aliphatic hydroxyl groups is 1. The molecule has 3 heteroatoms. The first kappa shape index (κ1) is 14.1. The number of hydrogen-bond donors (Lipinski definition) is 2. The van der Waals surface area contributed by atoms with E-state index in [0.29, 0.717) is 26.0 Å². The zero-order chi connectivity index (χ0) is 14.2. The summed E-state index contributed by atoms with van der Waals surface area (Å²) in [6.07, 6.45) is 4.64. The van der Waals surface area contributed by atoms with Gasteiger partial charge in [-0.2, -0.15) is 0 Å². The second kappa shape index (κ2) is 5.14. The normalized spacial score (nSPS) is 37.5. The Labute approximate surface area is 121 Å². The lowest BCUT2D eigenvalue weighted by Gasteiger charge is -2.52. The maximum Gasteiger partial charge on any atom is 0.0802 e. The Hall–Kier alpha value is -0.900. The summed E-state index contributed by atoms with van der Waals surface area (Å²) in [6.45, 7) is 3.18. The van der Waals surface area contributed by atoms with Crippen LogP contribution in [0.15, 0.2) is 24.3 Å². The van der Waals surface area contributed by atoms with Gasteiger partial charge in [-0.05, 0) is 37.3 Å². The molecule has 20 heavy (non-hydrogen) atoms. The standard InChI is InChI=1S/C17H25NO2/c1-13-11-17(19,9-10-20-13)16(12-18)8-4-6-14-5-2-3-7-15(14)16/h2-3,5,7,13,19H,4,6,8-12,18H2,1H3. The molecule has 0 bridgehead atoms. The molecule has 1 aliphatic carbocycles. The van der Waals surface area contributed by atoms with Crippen molar-refractivity contribution >= 4 is 0 Å². The smallest absolute Gasteiger partial charge is 0.0802 e. The molecule has 1 aromatic carbocycles. The Morgan fingerprint density at radius 1 is 1.35 bits per heavy atom. The third kappa shape index (κ3) is 2.00. The van der Waals surface area contributed by atoms with Gasteiger partial charge in [-0.25, -0.2) is 0 Å². The predicted octanol–water partition coefficient (Wildman–Crippen LogP) is 2.15. The molecule has 1 aromatic rings. The third-order valence-corrected chi connectivity index (χ3v) is 5.37. The highest BCUT2D eigenvalue weighted by Crippen LogP contribution is 2.49. The molecule has 3 nitrogen and oxygen atoms in total. The van der Waals surface area contributed by atoms with Crippen LogP contribution in [-0.2, 0) is 16.6 Å². The fourth-order valence-electron chi connectivity index (χ4n) is 4.31. The molecule has 1 heterocycles. The number of hydrogen-bond acceptors (Lipinski definition) is 3. The van der Waals surface area contributed by atoms with Crippen LogP contribution in [-0.4, -0.2) is 30.0 Å². The van der Waals surface area contributed by atoms with Crippen LogP contribution in [0.25, 0.3) is 0 Å². The van der Waals surface area contributed by atoms with E-state index >= 15 is 0 Å². The van der Waals surface area contributed by atoms with Crippen LogP contribution in [0.3, 0.4) is 0 Å². The van der Waals surface area contributed by atoms with E-state index in [0.717, 1.165) is 19.3 Å². The number of aryl methyl sites for hydroxylation is 1. The van der Waals surface area contributed by atoms with Gasteiger partial charge in [-0.3, -0.25) is 0 Å². The number of ether oxygens (including phenoxy) is 1. The fourth-order valence-corrected chi connectivity index (χ4v) is 4.31. The molecular formula is C17H25NO2. The van der Waals surface area contributed by atoms with E-state index < -0.39 is 5.60 Å². The minimum absolute atomic E-state index is 0.103. The van der Waals surface area contributed by atoms with Gasteiger partial charge < -0.3 is 15.6 Å². The average Bonchev–Trinajstić information content (AvgIpc) is 2.46. The Balaban J connectivity index is 2.08. The molecule has 3 rings (SSSR count). The van der Waals surface area contributed by atoms with Crippen LogP contribution in [0.2, 0.25) is 0 Å². The van der Waals surface area contributed by atoms with E-state index in [9.17, 15) is 5.11 Å². The van der Waals surface area contributed by atoms with Gasteiger partial charge in [-0.1, -0.05) is 24.3 Å². The van der Waals surface area contributed by atoms with Gasteiger partial charge in [0.1, 0.15) is 0 Å². The maximum absolute atomic E-state index is 11.4. The van der Waals surface area contributed by atoms with Crippen molar-refractivity contribution in [2.45, 2.75) is 56.1 Å². The topological polar surface area (TPSA) is 55.5 Å². The third-order valence-electron chi connectivity index (χ3n) is 5.37. The molecule has 1 saturated heterocycles. The molecule has 2 aliphatic rings. The lowest BCUT2D eigenvalue weighted by molar-refractivity contribution is -0.140. The van der Waals surface area contributed by atoms with Gasteiger partial charge in [0.05, 0.1) is 11.7 Å². The quantitative estimate of drug-likeness (QED) is 0.869. The molecule has 1 fully saturated rings. The van der Waals surface area contributed by atoms with E-state index in [1.54, 1.807) is 0 Å². The lowest BCUT2D eigenvalue weighted by atomic mass is 9.57. The molecule has 0 amide bonds. The summed E-state index contributed by atoms with van der Waals surface area (Å²) < 4.78 is 5.64. The molecule has 110 valence electrons. The minimum atomic E-state index is -0.740. The first-order chi connectivity index (χ1) is 9.61. The number of rotatable bonds is 2. The zero-order valence-electron chi connectivity index (χ0n) is 12.3. The van der Waals surface area contributed by atoms with E-state index in [-0.39, 0.29) is 11.5 Å². The van der Waals surface area contributed by atoms with Crippen molar-refractivity contribution in [2.24, 2.45) is 5.73 Å². The molecule has 0 saturated carbocycles. The zero-order valence-corrected chi connectivity index (χ0v) is 12.3. The predicted molar refractivity (Wildman–Crippen MR) is 79.7 cm³/mol. The molecule has 3 atom stereocenters. The fraction of sp³-hybridized carbons (Fsp3) is 0.647. The highest BCUT2D eigenvalue weighted by atomic mass is 16.5. The van der Waals surface area contributed by atoms with E-state index in [1.165, 1.54) is 11.1 Å². The Kier molecular flexibility index (Phi) is 3.61. The van der Waals surface area contributed by atoms with Crippen molar-refractivity contribution in [1.82, 2.24) is 0 Å². The highest BCUT2D eigenvalue weighted by Gasteiger charge is 2.53. The maximum atomic E-state index is 11.4. The highest BCUT2D eigenvalue weighted by molar-refractivity contribution is 5.40. The van der Waals surface area contributed by atoms with Crippen LogP contribution in [0.1, 0.15) is 43.7 Å². The first-order valence-corrected chi connectivity index (χ1v) is 7.74. The van der Waals surface area contributed by atoms with Crippen molar-refractivity contribution in [3.8, 4) is 0 Å². The van der Waals surface area contributed by atoms with Crippen molar-refractivity contribution in [3.05, 3.63) is 35.4 Å². The summed E-state index contributed by atoms with van der Waals surface area (Å²) in [7, 11) is 0. The number of benzene rings is 1. The van der Waals surface area contributed by atoms with E-state index in [4.69, 9.17) is 10.5 Å². The van der Waals surface area contributed by atoms with Crippen molar-refractivity contribution in [2.75, 3.05) is 13.2 Å². The van der Waals surface area contributed by atoms with Gasteiger partial charge in [-0.15, -0.1) is 0 Å². The summed E-state index contributed by atoms with van der Waals surface area (Å²) in [5.41, 5.74) is 7.79. The molecule has 3 unspecified atom stereocenters. The number of nitrogens with two attached hydrogens (primary N) is 1. The van der Waals surface area contributed by atoms with Crippen molar-refractivity contribution in [3.63, 3.8) is 0 Å². The first-order valence-electron chi connectivity index (χ1n) is 7.74. The molecule has 1 aliphatic heterocycles. The van der Waals surface area contributed by atoms with Crippen LogP contribution in [0, 0.1) is 0 Å². The summed E-state index contributed by atoms with van der Waals surface area (Å²) >= 11 is 0. The lowest BCUT2D eigenvalue weighted by Crippen LogP contribution is -2.60. The Morgan fingerprint density at radius 2 is 2.15 bits per heavy atom. The SMILES string of the molecule is CC1CC(O)(C2(CN)CCCc3ccccc32)CCO1. The molecule has 3 N–H and O–H groups in total. The van der Waals surface area contributed by atoms with Gasteiger partial charge in [0, 0.05) is 31.4 Å². The Bertz CT molecular complexity index is 490. The van der Waals surface area contributed by atoms with Crippen LogP contribution in [0.4, 0.5) is 0 Å². The second-order valence-corrected chi connectivity index (χ2v) is 6.46. The summed E-state index contributed by atoms with van der Waals surface area (Å²) in [4.78, 5) is 0. The van der Waals surface area contributed by atoms with Crippen LogP contribution < -0.4 is 5.73 Å².